The van der Waals surface area contributed by atoms with Gasteiger partial charge < -0.3 is 5.11 Å². The highest BCUT2D eigenvalue weighted by Gasteiger charge is 2.12. The Morgan fingerprint density at radius 2 is 2.25 bits per heavy atom. The summed E-state index contributed by atoms with van der Waals surface area (Å²) in [6.07, 6.45) is 3.44. The van der Waals surface area contributed by atoms with Gasteiger partial charge in [-0.1, -0.05) is 13.0 Å². The summed E-state index contributed by atoms with van der Waals surface area (Å²) in [4.78, 5) is 16.0. The van der Waals surface area contributed by atoms with Gasteiger partial charge in [-0.2, -0.15) is 0 Å². The molecule has 0 radical (unpaired) electrons. The molecule has 0 aliphatic heterocycles. The molecule has 4 heteroatoms. The molecule has 0 unspecified atom stereocenters. The molecule has 3 nitrogen and oxygen atoms in total. The Morgan fingerprint density at radius 1 is 1.44 bits per heavy atom. The van der Waals surface area contributed by atoms with Crippen LogP contribution in [-0.2, 0) is 0 Å². The highest BCUT2D eigenvalue weighted by molar-refractivity contribution is 7.99. The van der Waals surface area contributed by atoms with Crippen molar-refractivity contribution >= 4 is 28.5 Å². The van der Waals surface area contributed by atoms with Gasteiger partial charge in [0.05, 0.1) is 5.56 Å². The van der Waals surface area contributed by atoms with Gasteiger partial charge >= 0.3 is 5.97 Å². The van der Waals surface area contributed by atoms with Gasteiger partial charge in [0, 0.05) is 22.7 Å². The zero-order valence-electron chi connectivity index (χ0n) is 8.80. The van der Waals surface area contributed by atoms with E-state index >= 15 is 0 Å². The van der Waals surface area contributed by atoms with Crippen molar-refractivity contribution in [2.24, 2.45) is 0 Å². The second-order valence-corrected chi connectivity index (χ2v) is 4.55. The van der Waals surface area contributed by atoms with Gasteiger partial charge in [-0.15, -0.1) is 11.8 Å². The maximum atomic E-state index is 11.1. The molecule has 0 aliphatic rings. The Labute approximate surface area is 97.5 Å². The average molecular weight is 233 g/mol. The van der Waals surface area contributed by atoms with Crippen molar-refractivity contribution in [2.45, 2.75) is 11.8 Å². The monoisotopic (exact) mass is 233 g/mol. The SMILES string of the molecule is CCSc1c(C(=O)O)ccc2cnccc12. The molecule has 2 aromatic rings. The van der Waals surface area contributed by atoms with Crippen molar-refractivity contribution < 1.29 is 9.90 Å². The Bertz CT molecular complexity index is 540. The van der Waals surface area contributed by atoms with Gasteiger partial charge in [-0.25, -0.2) is 4.79 Å². The summed E-state index contributed by atoms with van der Waals surface area (Å²) < 4.78 is 0. The first kappa shape index (κ1) is 11.0. The summed E-state index contributed by atoms with van der Waals surface area (Å²) in [6, 6.07) is 5.30. The van der Waals surface area contributed by atoms with Crippen LogP contribution in [0, 0.1) is 0 Å². The summed E-state index contributed by atoms with van der Waals surface area (Å²) in [6.45, 7) is 2.01. The number of pyridine rings is 1. The van der Waals surface area contributed by atoms with Crippen LogP contribution in [0.1, 0.15) is 17.3 Å². The van der Waals surface area contributed by atoms with Crippen molar-refractivity contribution in [2.75, 3.05) is 5.75 Å². The molecule has 2 rings (SSSR count). The van der Waals surface area contributed by atoms with Crippen LogP contribution in [0.25, 0.3) is 10.8 Å². The molecule has 0 saturated heterocycles. The van der Waals surface area contributed by atoms with Crippen molar-refractivity contribution in [1.29, 1.82) is 0 Å². The fraction of sp³-hybridized carbons (Fsp3) is 0.167. The fourth-order valence-corrected chi connectivity index (χ4v) is 2.55. The first-order valence-electron chi connectivity index (χ1n) is 4.97. The molecule has 1 aromatic carbocycles. The molecule has 16 heavy (non-hydrogen) atoms. The van der Waals surface area contributed by atoms with E-state index in [4.69, 9.17) is 5.11 Å². The van der Waals surface area contributed by atoms with Gasteiger partial charge in [-0.05, 0) is 23.3 Å². The Morgan fingerprint density at radius 3 is 2.94 bits per heavy atom. The third-order valence-corrected chi connectivity index (χ3v) is 3.31. The van der Waals surface area contributed by atoms with Crippen LogP contribution in [0.4, 0.5) is 0 Å². The molecule has 0 saturated carbocycles. The maximum Gasteiger partial charge on any atom is 0.336 e. The molecule has 0 amide bonds. The van der Waals surface area contributed by atoms with E-state index in [9.17, 15) is 4.79 Å². The van der Waals surface area contributed by atoms with Crippen molar-refractivity contribution in [1.82, 2.24) is 4.98 Å². The van der Waals surface area contributed by atoms with Crippen LogP contribution in [0.3, 0.4) is 0 Å². The minimum absolute atomic E-state index is 0.366. The quantitative estimate of drug-likeness (QED) is 0.828. The molecule has 1 aromatic heterocycles. The number of carboxylic acids is 1. The van der Waals surface area contributed by atoms with Gasteiger partial charge in [0.25, 0.3) is 0 Å². The number of carboxylic acid groups (broad SMARTS) is 1. The van der Waals surface area contributed by atoms with E-state index in [2.05, 4.69) is 4.98 Å². The van der Waals surface area contributed by atoms with Gasteiger partial charge in [0.2, 0.25) is 0 Å². The molecular formula is C12H11NO2S. The van der Waals surface area contributed by atoms with Gasteiger partial charge in [0.15, 0.2) is 0 Å². The lowest BCUT2D eigenvalue weighted by Gasteiger charge is -2.08. The van der Waals surface area contributed by atoms with Crippen molar-refractivity contribution in [3.05, 3.63) is 36.2 Å². The number of aromatic carboxylic acids is 1. The van der Waals surface area contributed by atoms with E-state index in [0.29, 0.717) is 5.56 Å². The normalized spacial score (nSPS) is 10.6. The molecule has 1 N–H and O–H groups in total. The minimum Gasteiger partial charge on any atom is -0.478 e. The van der Waals surface area contributed by atoms with E-state index in [1.54, 1.807) is 36.3 Å². The summed E-state index contributed by atoms with van der Waals surface area (Å²) in [7, 11) is 0. The molecule has 1 heterocycles. The minimum atomic E-state index is -0.880. The number of rotatable bonds is 3. The molecule has 0 aliphatic carbocycles. The fourth-order valence-electron chi connectivity index (χ4n) is 1.61. The number of hydrogen-bond donors (Lipinski definition) is 1. The van der Waals surface area contributed by atoms with Crippen LogP contribution in [0.15, 0.2) is 35.5 Å². The first-order chi connectivity index (χ1) is 7.74. The third kappa shape index (κ3) is 1.88. The molecule has 82 valence electrons. The van der Waals surface area contributed by atoms with E-state index in [1.165, 1.54) is 0 Å². The van der Waals surface area contributed by atoms with Crippen molar-refractivity contribution in [3.63, 3.8) is 0 Å². The molecule has 0 fully saturated rings. The zero-order chi connectivity index (χ0) is 11.5. The predicted octanol–water partition coefficient (Wildman–Crippen LogP) is 3.05. The first-order valence-corrected chi connectivity index (χ1v) is 5.95. The highest BCUT2D eigenvalue weighted by Crippen LogP contribution is 2.30. The third-order valence-electron chi connectivity index (χ3n) is 2.29. The maximum absolute atomic E-state index is 11.1. The molecule has 0 spiro atoms. The van der Waals surface area contributed by atoms with E-state index in [0.717, 1.165) is 21.4 Å². The summed E-state index contributed by atoms with van der Waals surface area (Å²) in [5, 5.41) is 11.1. The second kappa shape index (κ2) is 4.53. The van der Waals surface area contributed by atoms with Gasteiger partial charge in [0.1, 0.15) is 0 Å². The van der Waals surface area contributed by atoms with Crippen molar-refractivity contribution in [3.8, 4) is 0 Å². The number of nitrogens with zero attached hydrogens (tertiary/aromatic N) is 1. The topological polar surface area (TPSA) is 50.2 Å². The molecule has 0 bridgehead atoms. The Kier molecular flexibility index (Phi) is 3.10. The smallest absolute Gasteiger partial charge is 0.336 e. The van der Waals surface area contributed by atoms with E-state index < -0.39 is 5.97 Å². The lowest BCUT2D eigenvalue weighted by atomic mass is 10.1. The number of carbonyl (C=O) groups is 1. The number of aromatic nitrogens is 1. The second-order valence-electron chi connectivity index (χ2n) is 3.28. The summed E-state index contributed by atoms with van der Waals surface area (Å²) in [5.41, 5.74) is 0.366. The Balaban J connectivity index is 2.73. The van der Waals surface area contributed by atoms with E-state index in [-0.39, 0.29) is 0 Å². The van der Waals surface area contributed by atoms with Crippen LogP contribution in [-0.4, -0.2) is 21.8 Å². The summed E-state index contributed by atoms with van der Waals surface area (Å²) >= 11 is 1.55. The standard InChI is InChI=1S/C12H11NO2S/c1-2-16-11-9-5-6-13-7-8(9)3-4-10(11)12(14)15/h3-7H,2H2,1H3,(H,14,15). The predicted molar refractivity (Wildman–Crippen MR) is 65.1 cm³/mol. The molecular weight excluding hydrogens is 222 g/mol. The summed E-state index contributed by atoms with van der Waals surface area (Å²) in [5.74, 6) is -0.0310. The Hall–Kier alpha value is -1.55. The van der Waals surface area contributed by atoms with Crippen LogP contribution in [0.2, 0.25) is 0 Å². The van der Waals surface area contributed by atoms with Crippen LogP contribution < -0.4 is 0 Å². The van der Waals surface area contributed by atoms with Crippen LogP contribution >= 0.6 is 11.8 Å². The molecule has 0 atom stereocenters. The average Bonchev–Trinajstić information content (AvgIpc) is 2.29. The highest BCUT2D eigenvalue weighted by atomic mass is 32.2. The van der Waals surface area contributed by atoms with Gasteiger partial charge in [-0.3, -0.25) is 4.98 Å². The largest absolute Gasteiger partial charge is 0.478 e. The number of benzene rings is 1. The zero-order valence-corrected chi connectivity index (χ0v) is 9.62. The number of hydrogen-bond acceptors (Lipinski definition) is 3. The lowest BCUT2D eigenvalue weighted by Crippen LogP contribution is -1.99. The lowest BCUT2D eigenvalue weighted by molar-refractivity contribution is 0.0693. The number of fused-ring (bicyclic) bond motifs is 1. The van der Waals surface area contributed by atoms with Crippen LogP contribution in [0.5, 0.6) is 0 Å². The van der Waals surface area contributed by atoms with E-state index in [1.807, 2.05) is 13.0 Å². The number of thioether (sulfide) groups is 1.